The molecule has 2 aromatic heterocycles. The number of fused-ring (bicyclic) bond motifs is 2. The molecule has 4 rings (SSSR count). The van der Waals surface area contributed by atoms with Crippen molar-refractivity contribution in [3.8, 4) is 0 Å². The third kappa shape index (κ3) is 2.31. The first kappa shape index (κ1) is 14.3. The Bertz CT molecular complexity index is 716. The van der Waals surface area contributed by atoms with E-state index in [4.69, 9.17) is 4.74 Å². The molecule has 3 atom stereocenters. The number of nitrogens with zero attached hydrogens (tertiary/aromatic N) is 4. The third-order valence-electron chi connectivity index (χ3n) is 5.37. The molecule has 1 N–H and O–H groups in total. The Morgan fingerprint density at radius 1 is 1.35 bits per heavy atom. The highest BCUT2D eigenvalue weighted by molar-refractivity contribution is 5.87. The summed E-state index contributed by atoms with van der Waals surface area (Å²) in [6.45, 7) is 1.62. The van der Waals surface area contributed by atoms with Gasteiger partial charge in [-0.1, -0.05) is 0 Å². The number of nitrogens with one attached hydrogen (secondary N) is 1. The standard InChI is InChI=1S/C16H21N5O2/c1-20(15-13-3-4-17-14(13)18-9-19-15)12-5-10-7-21(16(22)23-2)8-11(10)6-12/h3-4,9-12H,5-8H2,1-2H3,(H,17,18,19)/t10-,11+,12+. The number of hydrogen-bond donors (Lipinski definition) is 1. The number of aromatic nitrogens is 3. The Labute approximate surface area is 134 Å². The summed E-state index contributed by atoms with van der Waals surface area (Å²) in [6.07, 6.45) is 5.48. The van der Waals surface area contributed by atoms with E-state index in [0.29, 0.717) is 17.9 Å². The van der Waals surface area contributed by atoms with Crippen LogP contribution in [0.15, 0.2) is 18.6 Å². The van der Waals surface area contributed by atoms with Gasteiger partial charge in [0.05, 0.1) is 12.5 Å². The van der Waals surface area contributed by atoms with Crippen LogP contribution in [0.3, 0.4) is 0 Å². The maximum atomic E-state index is 11.7. The SMILES string of the molecule is COC(=O)N1C[C@H]2C[C@H](N(C)c3ncnc4[nH]ccc34)C[C@H]2C1. The van der Waals surface area contributed by atoms with Crippen LogP contribution >= 0.6 is 0 Å². The molecule has 2 aliphatic rings. The molecule has 0 spiro atoms. The van der Waals surface area contributed by atoms with Crippen LogP contribution in [0, 0.1) is 11.8 Å². The van der Waals surface area contributed by atoms with Crippen LogP contribution in [0.4, 0.5) is 10.6 Å². The van der Waals surface area contributed by atoms with E-state index in [0.717, 1.165) is 42.8 Å². The summed E-state index contributed by atoms with van der Waals surface area (Å²) >= 11 is 0. The number of amides is 1. The predicted octanol–water partition coefficient (Wildman–Crippen LogP) is 1.87. The number of likely N-dealkylation sites (tertiary alicyclic amines) is 1. The lowest BCUT2D eigenvalue weighted by Gasteiger charge is -2.27. The highest BCUT2D eigenvalue weighted by atomic mass is 16.5. The van der Waals surface area contributed by atoms with Gasteiger partial charge < -0.3 is 19.5 Å². The Kier molecular flexibility index (Phi) is 3.36. The van der Waals surface area contributed by atoms with Gasteiger partial charge in [-0.2, -0.15) is 0 Å². The molecule has 3 heterocycles. The fourth-order valence-corrected chi connectivity index (χ4v) is 4.18. The lowest BCUT2D eigenvalue weighted by Crippen LogP contribution is -2.34. The van der Waals surface area contributed by atoms with Crippen molar-refractivity contribution in [2.24, 2.45) is 11.8 Å². The second kappa shape index (κ2) is 5.40. The Morgan fingerprint density at radius 3 is 2.78 bits per heavy atom. The molecule has 1 saturated heterocycles. The minimum atomic E-state index is -0.200. The summed E-state index contributed by atoms with van der Waals surface area (Å²) in [5.41, 5.74) is 0.872. The first-order valence-corrected chi connectivity index (χ1v) is 8.01. The molecule has 2 aromatic rings. The molecule has 1 aliphatic carbocycles. The van der Waals surface area contributed by atoms with E-state index in [2.05, 4.69) is 26.9 Å². The number of ether oxygens (including phenoxy) is 1. The average Bonchev–Trinajstić information content (AvgIpc) is 3.26. The van der Waals surface area contributed by atoms with Crippen molar-refractivity contribution in [1.82, 2.24) is 19.9 Å². The van der Waals surface area contributed by atoms with E-state index in [9.17, 15) is 4.79 Å². The van der Waals surface area contributed by atoms with Crippen LogP contribution in [-0.4, -0.2) is 59.2 Å². The van der Waals surface area contributed by atoms with Gasteiger partial charge in [0, 0.05) is 32.4 Å². The van der Waals surface area contributed by atoms with E-state index in [-0.39, 0.29) is 6.09 Å². The monoisotopic (exact) mass is 315 g/mol. The van der Waals surface area contributed by atoms with Gasteiger partial charge in [-0.05, 0) is 30.7 Å². The zero-order valence-electron chi connectivity index (χ0n) is 13.4. The molecule has 1 aliphatic heterocycles. The van der Waals surface area contributed by atoms with E-state index in [1.807, 2.05) is 17.2 Å². The van der Waals surface area contributed by atoms with Gasteiger partial charge in [0.1, 0.15) is 17.8 Å². The smallest absolute Gasteiger partial charge is 0.409 e. The maximum absolute atomic E-state index is 11.7. The van der Waals surface area contributed by atoms with Gasteiger partial charge >= 0.3 is 6.09 Å². The van der Waals surface area contributed by atoms with E-state index < -0.39 is 0 Å². The topological polar surface area (TPSA) is 74.3 Å². The van der Waals surface area contributed by atoms with Gasteiger partial charge in [0.25, 0.3) is 0 Å². The van der Waals surface area contributed by atoms with Crippen molar-refractivity contribution in [3.63, 3.8) is 0 Å². The second-order valence-corrected chi connectivity index (χ2v) is 6.57. The largest absolute Gasteiger partial charge is 0.453 e. The molecule has 0 radical (unpaired) electrons. The number of anilines is 1. The van der Waals surface area contributed by atoms with Crippen LogP contribution in [0.25, 0.3) is 11.0 Å². The summed E-state index contributed by atoms with van der Waals surface area (Å²) in [7, 11) is 3.56. The van der Waals surface area contributed by atoms with Crippen LogP contribution in [0.2, 0.25) is 0 Å². The molecular formula is C16H21N5O2. The molecule has 7 heteroatoms. The lowest BCUT2D eigenvalue weighted by molar-refractivity contribution is 0.129. The Morgan fingerprint density at radius 2 is 2.09 bits per heavy atom. The molecular weight excluding hydrogens is 294 g/mol. The van der Waals surface area contributed by atoms with Crippen molar-refractivity contribution in [1.29, 1.82) is 0 Å². The number of carbonyl (C=O) groups excluding carboxylic acids is 1. The van der Waals surface area contributed by atoms with Gasteiger partial charge in [-0.25, -0.2) is 14.8 Å². The van der Waals surface area contributed by atoms with Crippen LogP contribution in [0.5, 0.6) is 0 Å². The lowest BCUT2D eigenvalue weighted by atomic mass is 10.0. The number of rotatable bonds is 2. The predicted molar refractivity (Wildman–Crippen MR) is 86.3 cm³/mol. The zero-order chi connectivity index (χ0) is 16.0. The summed E-state index contributed by atoms with van der Waals surface area (Å²) in [5, 5.41) is 1.06. The molecule has 0 unspecified atom stereocenters. The van der Waals surface area contributed by atoms with Crippen LogP contribution in [0.1, 0.15) is 12.8 Å². The minimum Gasteiger partial charge on any atom is -0.453 e. The number of H-pyrrole nitrogens is 1. The fourth-order valence-electron chi connectivity index (χ4n) is 4.18. The zero-order valence-corrected chi connectivity index (χ0v) is 13.4. The van der Waals surface area contributed by atoms with Crippen molar-refractivity contribution >= 4 is 22.9 Å². The van der Waals surface area contributed by atoms with Crippen LogP contribution in [-0.2, 0) is 4.74 Å². The van der Waals surface area contributed by atoms with Crippen LogP contribution < -0.4 is 4.90 Å². The molecule has 2 fully saturated rings. The average molecular weight is 315 g/mol. The molecule has 0 aromatic carbocycles. The second-order valence-electron chi connectivity index (χ2n) is 6.57. The molecule has 1 saturated carbocycles. The van der Waals surface area contributed by atoms with Crippen molar-refractivity contribution in [2.75, 3.05) is 32.1 Å². The fraction of sp³-hybridized carbons (Fsp3) is 0.562. The molecule has 0 bridgehead atoms. The highest BCUT2D eigenvalue weighted by Gasteiger charge is 2.44. The first-order valence-electron chi connectivity index (χ1n) is 8.01. The molecule has 7 nitrogen and oxygen atoms in total. The van der Waals surface area contributed by atoms with Gasteiger partial charge in [0.2, 0.25) is 0 Å². The van der Waals surface area contributed by atoms with Gasteiger partial charge in [0.15, 0.2) is 0 Å². The first-order chi connectivity index (χ1) is 11.2. The quantitative estimate of drug-likeness (QED) is 0.916. The van der Waals surface area contributed by atoms with Crippen molar-refractivity contribution < 1.29 is 9.53 Å². The molecule has 23 heavy (non-hydrogen) atoms. The minimum absolute atomic E-state index is 0.200. The number of aromatic amines is 1. The molecule has 122 valence electrons. The van der Waals surface area contributed by atoms with Gasteiger partial charge in [-0.15, -0.1) is 0 Å². The van der Waals surface area contributed by atoms with E-state index in [1.165, 1.54) is 7.11 Å². The maximum Gasteiger partial charge on any atom is 0.409 e. The van der Waals surface area contributed by atoms with Crippen molar-refractivity contribution in [2.45, 2.75) is 18.9 Å². The summed E-state index contributed by atoms with van der Waals surface area (Å²) in [6, 6.07) is 2.48. The molecule has 1 amide bonds. The Balaban J connectivity index is 1.49. The summed E-state index contributed by atoms with van der Waals surface area (Å²) < 4.78 is 4.84. The van der Waals surface area contributed by atoms with Crippen molar-refractivity contribution in [3.05, 3.63) is 18.6 Å². The summed E-state index contributed by atoms with van der Waals surface area (Å²) in [4.78, 5) is 27.7. The van der Waals surface area contributed by atoms with Gasteiger partial charge in [-0.3, -0.25) is 0 Å². The number of hydrogen-bond acceptors (Lipinski definition) is 5. The number of methoxy groups -OCH3 is 1. The Hall–Kier alpha value is -2.31. The van der Waals surface area contributed by atoms with E-state index >= 15 is 0 Å². The third-order valence-corrected chi connectivity index (χ3v) is 5.37. The summed E-state index contributed by atoms with van der Waals surface area (Å²) in [5.74, 6) is 2.10. The number of carbonyl (C=O) groups is 1. The highest BCUT2D eigenvalue weighted by Crippen LogP contribution is 2.41. The normalized spacial score (nSPS) is 26.5. The van der Waals surface area contributed by atoms with E-state index in [1.54, 1.807) is 6.33 Å².